The summed E-state index contributed by atoms with van der Waals surface area (Å²) in [6, 6.07) is 9.40. The second kappa shape index (κ2) is 10.2. The van der Waals surface area contributed by atoms with Gasteiger partial charge >= 0.3 is 0 Å². The Morgan fingerprint density at radius 2 is 1.61 bits per heavy atom. The fourth-order valence-electron chi connectivity index (χ4n) is 4.33. The molecule has 2 aliphatic rings. The number of nitrogens with zero attached hydrogens (tertiary/aromatic N) is 2. The van der Waals surface area contributed by atoms with Crippen molar-refractivity contribution in [3.8, 4) is 5.75 Å². The Morgan fingerprint density at radius 1 is 0.909 bits per heavy atom. The maximum Gasteiger partial charge on any atom is 0.253 e. The number of hydrogen-bond acceptors (Lipinski definition) is 4. The molecule has 2 fully saturated rings. The van der Waals surface area contributed by atoms with Crippen LogP contribution in [0.15, 0.2) is 47.4 Å². The Labute approximate surface area is 193 Å². The second-order valence-electron chi connectivity index (χ2n) is 8.53. The Morgan fingerprint density at radius 3 is 2.27 bits per heavy atom. The SMILES string of the molecule is O=C(c1cccc(S(=O)(=O)N2CCCCCC2)c1)N1CCC(Oc2ccc(F)cc2F)CC1. The molecule has 178 valence electrons. The van der Waals surface area contributed by atoms with E-state index < -0.39 is 21.7 Å². The van der Waals surface area contributed by atoms with Crippen LogP contribution in [0.2, 0.25) is 0 Å². The molecular weight excluding hydrogens is 450 g/mol. The van der Waals surface area contributed by atoms with E-state index in [4.69, 9.17) is 4.74 Å². The van der Waals surface area contributed by atoms with Gasteiger partial charge in [-0.05, 0) is 43.2 Å². The number of sulfonamides is 1. The van der Waals surface area contributed by atoms with Crippen molar-refractivity contribution in [2.45, 2.75) is 49.5 Å². The Balaban J connectivity index is 1.40. The van der Waals surface area contributed by atoms with Gasteiger partial charge in [-0.1, -0.05) is 18.9 Å². The van der Waals surface area contributed by atoms with Gasteiger partial charge in [0.05, 0.1) is 4.90 Å². The number of halogens is 2. The molecule has 0 atom stereocenters. The lowest BCUT2D eigenvalue weighted by Gasteiger charge is -2.32. The van der Waals surface area contributed by atoms with Crippen LogP contribution in [-0.4, -0.2) is 55.8 Å². The van der Waals surface area contributed by atoms with Crippen molar-refractivity contribution in [2.75, 3.05) is 26.2 Å². The maximum absolute atomic E-state index is 13.8. The van der Waals surface area contributed by atoms with E-state index >= 15 is 0 Å². The zero-order valence-corrected chi connectivity index (χ0v) is 19.2. The van der Waals surface area contributed by atoms with Gasteiger partial charge in [0.15, 0.2) is 11.6 Å². The van der Waals surface area contributed by atoms with Crippen molar-refractivity contribution in [2.24, 2.45) is 0 Å². The Kier molecular flexibility index (Phi) is 7.29. The quantitative estimate of drug-likeness (QED) is 0.646. The molecule has 2 aliphatic heterocycles. The third kappa shape index (κ3) is 5.52. The molecule has 0 aliphatic carbocycles. The normalized spacial score (nSPS) is 18.7. The van der Waals surface area contributed by atoms with Crippen LogP contribution in [0.5, 0.6) is 5.75 Å². The van der Waals surface area contributed by atoms with Crippen LogP contribution < -0.4 is 4.74 Å². The fourth-order valence-corrected chi connectivity index (χ4v) is 5.89. The summed E-state index contributed by atoms with van der Waals surface area (Å²) in [5, 5.41) is 0. The molecule has 33 heavy (non-hydrogen) atoms. The van der Waals surface area contributed by atoms with Crippen molar-refractivity contribution < 1.29 is 26.7 Å². The highest BCUT2D eigenvalue weighted by Crippen LogP contribution is 2.25. The van der Waals surface area contributed by atoms with Gasteiger partial charge in [-0.3, -0.25) is 4.79 Å². The summed E-state index contributed by atoms with van der Waals surface area (Å²) in [5.41, 5.74) is 0.329. The minimum absolute atomic E-state index is 0.00685. The predicted molar refractivity (Wildman–Crippen MR) is 120 cm³/mol. The van der Waals surface area contributed by atoms with E-state index in [0.717, 1.165) is 37.8 Å². The summed E-state index contributed by atoms with van der Waals surface area (Å²) < 4.78 is 60.3. The van der Waals surface area contributed by atoms with Crippen molar-refractivity contribution in [3.63, 3.8) is 0 Å². The first-order chi connectivity index (χ1) is 15.8. The van der Waals surface area contributed by atoms with Crippen molar-refractivity contribution in [1.29, 1.82) is 0 Å². The van der Waals surface area contributed by atoms with Gasteiger partial charge in [0.25, 0.3) is 5.91 Å². The molecule has 0 unspecified atom stereocenters. The minimum atomic E-state index is -3.64. The summed E-state index contributed by atoms with van der Waals surface area (Å²) in [4.78, 5) is 14.8. The molecule has 2 aromatic carbocycles. The van der Waals surface area contributed by atoms with E-state index in [1.807, 2.05) is 0 Å². The molecule has 0 N–H and O–H groups in total. The minimum Gasteiger partial charge on any atom is -0.487 e. The number of carbonyl (C=O) groups excluding carboxylic acids is 1. The Bertz CT molecular complexity index is 1090. The van der Waals surface area contributed by atoms with Crippen molar-refractivity contribution in [3.05, 3.63) is 59.7 Å². The first-order valence-electron chi connectivity index (χ1n) is 11.4. The first-order valence-corrected chi connectivity index (χ1v) is 12.8. The zero-order valence-electron chi connectivity index (χ0n) is 18.4. The number of likely N-dealkylation sites (tertiary alicyclic amines) is 1. The van der Waals surface area contributed by atoms with Crippen LogP contribution in [0.4, 0.5) is 8.78 Å². The number of hydrogen-bond donors (Lipinski definition) is 0. The molecule has 2 saturated heterocycles. The molecule has 0 aromatic heterocycles. The number of amides is 1. The summed E-state index contributed by atoms with van der Waals surface area (Å²) in [6.07, 6.45) is 4.44. The van der Waals surface area contributed by atoms with E-state index in [0.29, 0.717) is 44.6 Å². The van der Waals surface area contributed by atoms with Gasteiger partial charge in [0.1, 0.15) is 11.9 Å². The van der Waals surface area contributed by atoms with Crippen LogP contribution in [0.3, 0.4) is 0 Å². The highest BCUT2D eigenvalue weighted by molar-refractivity contribution is 7.89. The van der Waals surface area contributed by atoms with Crippen molar-refractivity contribution >= 4 is 15.9 Å². The maximum atomic E-state index is 13.8. The molecule has 0 spiro atoms. The molecule has 0 radical (unpaired) electrons. The van der Waals surface area contributed by atoms with Gasteiger partial charge in [-0.2, -0.15) is 4.31 Å². The number of ether oxygens (including phenoxy) is 1. The lowest BCUT2D eigenvalue weighted by molar-refractivity contribution is 0.0588. The highest BCUT2D eigenvalue weighted by Gasteiger charge is 2.28. The molecule has 4 rings (SSSR count). The second-order valence-corrected chi connectivity index (χ2v) is 10.5. The standard InChI is InChI=1S/C24H28F2N2O4S/c25-19-8-9-23(22(26)17-19)32-20-10-14-27(15-11-20)24(29)18-6-5-7-21(16-18)33(30,31)28-12-3-1-2-4-13-28/h5-9,16-17,20H,1-4,10-15H2. The monoisotopic (exact) mass is 478 g/mol. The van der Waals surface area contributed by atoms with Crippen LogP contribution in [0.1, 0.15) is 48.9 Å². The van der Waals surface area contributed by atoms with Crippen LogP contribution in [0.25, 0.3) is 0 Å². The van der Waals surface area contributed by atoms with E-state index in [-0.39, 0.29) is 22.7 Å². The molecule has 9 heteroatoms. The molecule has 1 amide bonds. The molecule has 0 saturated carbocycles. The Hall–Kier alpha value is -2.52. The summed E-state index contributed by atoms with van der Waals surface area (Å²) in [7, 11) is -3.64. The van der Waals surface area contributed by atoms with Crippen LogP contribution >= 0.6 is 0 Å². The topological polar surface area (TPSA) is 66.9 Å². The predicted octanol–water partition coefficient (Wildman–Crippen LogP) is 4.21. The highest BCUT2D eigenvalue weighted by atomic mass is 32.2. The lowest BCUT2D eigenvalue weighted by atomic mass is 10.1. The van der Waals surface area contributed by atoms with Gasteiger partial charge in [0.2, 0.25) is 10.0 Å². The third-order valence-electron chi connectivity index (χ3n) is 6.20. The number of rotatable bonds is 5. The molecule has 2 aromatic rings. The summed E-state index contributed by atoms with van der Waals surface area (Å²) >= 11 is 0. The first kappa shape index (κ1) is 23.6. The van der Waals surface area contributed by atoms with E-state index in [1.54, 1.807) is 17.0 Å². The number of piperidine rings is 1. The van der Waals surface area contributed by atoms with E-state index in [9.17, 15) is 22.0 Å². The summed E-state index contributed by atoms with van der Waals surface area (Å²) in [6.45, 7) is 1.80. The molecule has 0 bridgehead atoms. The molecule has 6 nitrogen and oxygen atoms in total. The number of benzene rings is 2. The van der Waals surface area contributed by atoms with E-state index in [2.05, 4.69) is 0 Å². The van der Waals surface area contributed by atoms with Gasteiger partial charge < -0.3 is 9.64 Å². The fraction of sp³-hybridized carbons (Fsp3) is 0.458. The largest absolute Gasteiger partial charge is 0.487 e. The summed E-state index contributed by atoms with van der Waals surface area (Å²) in [5.74, 6) is -1.67. The van der Waals surface area contributed by atoms with Crippen LogP contribution in [-0.2, 0) is 10.0 Å². The zero-order chi connectivity index (χ0) is 23.4. The van der Waals surface area contributed by atoms with Crippen molar-refractivity contribution in [1.82, 2.24) is 9.21 Å². The van der Waals surface area contributed by atoms with Gasteiger partial charge in [-0.25, -0.2) is 17.2 Å². The molecular formula is C24H28F2N2O4S. The van der Waals surface area contributed by atoms with Gasteiger partial charge in [0, 0.05) is 50.7 Å². The van der Waals surface area contributed by atoms with Crippen LogP contribution in [0, 0.1) is 11.6 Å². The molecule has 2 heterocycles. The third-order valence-corrected chi connectivity index (χ3v) is 8.10. The van der Waals surface area contributed by atoms with E-state index in [1.165, 1.54) is 22.5 Å². The lowest BCUT2D eigenvalue weighted by Crippen LogP contribution is -2.42. The smallest absolute Gasteiger partial charge is 0.253 e. The number of carbonyl (C=O) groups is 1. The van der Waals surface area contributed by atoms with Gasteiger partial charge in [-0.15, -0.1) is 0 Å². The average Bonchev–Trinajstić information content (AvgIpc) is 3.11. The average molecular weight is 479 g/mol.